The Labute approximate surface area is 119 Å². The van der Waals surface area contributed by atoms with E-state index in [2.05, 4.69) is 5.32 Å². The monoisotopic (exact) mass is 287 g/mol. The van der Waals surface area contributed by atoms with Crippen LogP contribution in [0.2, 0.25) is 5.02 Å². The van der Waals surface area contributed by atoms with Gasteiger partial charge in [0.15, 0.2) is 11.5 Å². The summed E-state index contributed by atoms with van der Waals surface area (Å²) in [6.45, 7) is 6.23. The minimum absolute atomic E-state index is 0.375. The Morgan fingerprint density at radius 2 is 1.95 bits per heavy atom. The van der Waals surface area contributed by atoms with Crippen LogP contribution in [-0.4, -0.2) is 31.0 Å². The highest BCUT2D eigenvalue weighted by Gasteiger charge is 2.23. The molecule has 1 rings (SSSR count). The number of aliphatic hydroxyl groups is 1. The first-order chi connectivity index (χ1) is 8.81. The average molecular weight is 288 g/mol. The molecule has 0 aliphatic carbocycles. The number of ether oxygens (including phenoxy) is 2. The van der Waals surface area contributed by atoms with Crippen molar-refractivity contribution >= 4 is 11.6 Å². The van der Waals surface area contributed by atoms with Crippen molar-refractivity contribution in [2.45, 2.75) is 39.0 Å². The van der Waals surface area contributed by atoms with Gasteiger partial charge in [0, 0.05) is 12.1 Å². The van der Waals surface area contributed by atoms with Gasteiger partial charge in [-0.1, -0.05) is 11.6 Å². The molecule has 0 saturated heterocycles. The second-order valence-electron chi connectivity index (χ2n) is 5.06. The van der Waals surface area contributed by atoms with Gasteiger partial charge < -0.3 is 19.9 Å². The number of aliphatic hydroxyl groups excluding tert-OH is 1. The Kier molecular flexibility index (Phi) is 5.47. The molecular weight excluding hydrogens is 266 g/mol. The van der Waals surface area contributed by atoms with Crippen LogP contribution in [0.1, 0.15) is 26.3 Å². The summed E-state index contributed by atoms with van der Waals surface area (Å²) in [4.78, 5) is 0. The maximum absolute atomic E-state index is 9.66. The van der Waals surface area contributed by atoms with Crippen LogP contribution in [0.4, 0.5) is 0 Å². The van der Waals surface area contributed by atoms with Crippen LogP contribution < -0.4 is 14.8 Å². The lowest BCUT2D eigenvalue weighted by molar-refractivity contribution is 0.0956. The zero-order chi connectivity index (χ0) is 14.6. The first-order valence-corrected chi connectivity index (χ1v) is 6.53. The highest BCUT2D eigenvalue weighted by Crippen LogP contribution is 2.36. The van der Waals surface area contributed by atoms with Gasteiger partial charge in [-0.25, -0.2) is 0 Å². The van der Waals surface area contributed by atoms with E-state index in [-0.39, 0.29) is 5.54 Å². The normalized spacial score (nSPS) is 13.2. The van der Waals surface area contributed by atoms with Gasteiger partial charge in [-0.05, 0) is 38.5 Å². The number of methoxy groups -OCH3 is 2. The second-order valence-corrected chi connectivity index (χ2v) is 5.47. The molecule has 0 amide bonds. The van der Waals surface area contributed by atoms with E-state index < -0.39 is 6.10 Å². The molecule has 0 bridgehead atoms. The lowest BCUT2D eigenvalue weighted by Gasteiger charge is -2.29. The molecule has 0 saturated carbocycles. The molecule has 5 heteroatoms. The van der Waals surface area contributed by atoms with E-state index >= 15 is 0 Å². The minimum atomic E-state index is -0.455. The van der Waals surface area contributed by atoms with Crippen molar-refractivity contribution in [3.8, 4) is 11.5 Å². The van der Waals surface area contributed by atoms with Crippen LogP contribution in [0.5, 0.6) is 11.5 Å². The fourth-order valence-electron chi connectivity index (χ4n) is 1.55. The molecule has 1 aromatic rings. The van der Waals surface area contributed by atoms with Gasteiger partial charge in [0.05, 0.1) is 25.3 Å². The highest BCUT2D eigenvalue weighted by atomic mass is 35.5. The lowest BCUT2D eigenvalue weighted by atomic mass is 9.98. The number of nitrogens with one attached hydrogen (secondary N) is 1. The van der Waals surface area contributed by atoms with Crippen molar-refractivity contribution in [1.29, 1.82) is 0 Å². The van der Waals surface area contributed by atoms with E-state index in [9.17, 15) is 5.11 Å². The highest BCUT2D eigenvalue weighted by molar-refractivity contribution is 6.32. The molecule has 1 aromatic carbocycles. The van der Waals surface area contributed by atoms with Crippen molar-refractivity contribution in [3.63, 3.8) is 0 Å². The first kappa shape index (κ1) is 16.1. The largest absolute Gasteiger partial charge is 0.493 e. The summed E-state index contributed by atoms with van der Waals surface area (Å²) in [6, 6.07) is 3.70. The summed E-state index contributed by atoms with van der Waals surface area (Å²) >= 11 is 6.14. The van der Waals surface area contributed by atoms with Crippen molar-refractivity contribution in [3.05, 3.63) is 22.7 Å². The number of benzene rings is 1. The number of rotatable bonds is 6. The van der Waals surface area contributed by atoms with Crippen molar-refractivity contribution in [1.82, 2.24) is 5.32 Å². The van der Waals surface area contributed by atoms with E-state index in [0.29, 0.717) is 23.1 Å². The molecule has 0 fully saturated rings. The van der Waals surface area contributed by atoms with E-state index in [0.717, 1.165) is 5.56 Å². The third-order valence-corrected chi connectivity index (χ3v) is 3.57. The zero-order valence-electron chi connectivity index (χ0n) is 12.1. The minimum Gasteiger partial charge on any atom is -0.493 e. The summed E-state index contributed by atoms with van der Waals surface area (Å²) in [7, 11) is 3.13. The fraction of sp³-hybridized carbons (Fsp3) is 0.571. The van der Waals surface area contributed by atoms with Crippen LogP contribution in [0, 0.1) is 0 Å². The molecule has 0 aromatic heterocycles. The molecule has 0 aliphatic heterocycles. The Balaban J connectivity index is 2.89. The summed E-state index contributed by atoms with van der Waals surface area (Å²) in [5.74, 6) is 1.13. The van der Waals surface area contributed by atoms with Crippen LogP contribution in [-0.2, 0) is 6.54 Å². The summed E-state index contributed by atoms with van der Waals surface area (Å²) < 4.78 is 10.4. The Hall–Kier alpha value is -0.970. The molecule has 4 nitrogen and oxygen atoms in total. The van der Waals surface area contributed by atoms with Crippen molar-refractivity contribution in [2.24, 2.45) is 0 Å². The summed E-state index contributed by atoms with van der Waals surface area (Å²) in [5.41, 5.74) is 0.594. The van der Waals surface area contributed by atoms with Gasteiger partial charge in [-0.3, -0.25) is 0 Å². The Morgan fingerprint density at radius 3 is 2.42 bits per heavy atom. The van der Waals surface area contributed by atoms with Crippen LogP contribution >= 0.6 is 11.6 Å². The molecule has 0 heterocycles. The van der Waals surface area contributed by atoms with Crippen molar-refractivity contribution < 1.29 is 14.6 Å². The molecule has 0 aliphatic rings. The molecular formula is C14H22ClNO3. The van der Waals surface area contributed by atoms with Crippen LogP contribution in [0.25, 0.3) is 0 Å². The van der Waals surface area contributed by atoms with Crippen LogP contribution in [0.15, 0.2) is 12.1 Å². The molecule has 1 atom stereocenters. The SMILES string of the molecule is COc1cc(CNC(C)(C)C(C)O)cc(Cl)c1OC. The summed E-state index contributed by atoms with van der Waals surface area (Å²) in [6.07, 6.45) is -0.455. The van der Waals surface area contributed by atoms with Crippen molar-refractivity contribution in [2.75, 3.05) is 14.2 Å². The first-order valence-electron chi connectivity index (χ1n) is 6.15. The zero-order valence-corrected chi connectivity index (χ0v) is 12.8. The van der Waals surface area contributed by atoms with Gasteiger partial charge >= 0.3 is 0 Å². The average Bonchev–Trinajstić information content (AvgIpc) is 2.35. The van der Waals surface area contributed by atoms with E-state index in [1.807, 2.05) is 26.0 Å². The smallest absolute Gasteiger partial charge is 0.179 e. The third-order valence-electron chi connectivity index (χ3n) is 3.29. The molecule has 2 N–H and O–H groups in total. The molecule has 1 unspecified atom stereocenters. The topological polar surface area (TPSA) is 50.7 Å². The summed E-state index contributed by atoms with van der Waals surface area (Å²) in [5, 5.41) is 13.5. The van der Waals surface area contributed by atoms with Crippen LogP contribution in [0.3, 0.4) is 0 Å². The number of hydrogen-bond donors (Lipinski definition) is 2. The quantitative estimate of drug-likeness (QED) is 0.844. The maximum Gasteiger partial charge on any atom is 0.179 e. The molecule has 0 spiro atoms. The molecule has 108 valence electrons. The predicted molar refractivity (Wildman–Crippen MR) is 77.2 cm³/mol. The standard InChI is InChI=1S/C14H22ClNO3/c1-9(17)14(2,3)16-8-10-6-11(15)13(19-5)12(7-10)18-4/h6-7,9,16-17H,8H2,1-5H3. The Morgan fingerprint density at radius 1 is 1.32 bits per heavy atom. The lowest BCUT2D eigenvalue weighted by Crippen LogP contribution is -2.47. The molecule has 0 radical (unpaired) electrons. The van der Waals surface area contributed by atoms with E-state index in [1.165, 1.54) is 0 Å². The second kappa shape index (κ2) is 6.46. The molecule has 19 heavy (non-hydrogen) atoms. The fourth-order valence-corrected chi connectivity index (χ4v) is 1.86. The van der Waals surface area contributed by atoms with Gasteiger partial charge in [0.25, 0.3) is 0 Å². The number of hydrogen-bond acceptors (Lipinski definition) is 4. The van der Waals surface area contributed by atoms with Gasteiger partial charge in [-0.15, -0.1) is 0 Å². The maximum atomic E-state index is 9.66. The van der Waals surface area contributed by atoms with E-state index in [1.54, 1.807) is 21.1 Å². The van der Waals surface area contributed by atoms with Gasteiger partial charge in [0.1, 0.15) is 0 Å². The van der Waals surface area contributed by atoms with E-state index in [4.69, 9.17) is 21.1 Å². The number of halogens is 1. The van der Waals surface area contributed by atoms with Gasteiger partial charge in [-0.2, -0.15) is 0 Å². The third kappa shape index (κ3) is 4.00. The predicted octanol–water partition coefficient (Wildman–Crippen LogP) is 2.61. The van der Waals surface area contributed by atoms with Gasteiger partial charge in [0.2, 0.25) is 0 Å². The Bertz CT molecular complexity index is 433.